The minimum Gasteiger partial charge on any atom is -0.454 e. The van der Waals surface area contributed by atoms with E-state index in [4.69, 9.17) is 14.6 Å². The number of nitrogens with one attached hydrogen (secondary N) is 2. The molecule has 0 unspecified atom stereocenters. The summed E-state index contributed by atoms with van der Waals surface area (Å²) in [6.45, 7) is 2.17. The van der Waals surface area contributed by atoms with E-state index in [-0.39, 0.29) is 18.6 Å². The number of amides is 1. The molecule has 29 heavy (non-hydrogen) atoms. The highest BCUT2D eigenvalue weighted by Crippen LogP contribution is 2.43. The number of benzene rings is 2. The van der Waals surface area contributed by atoms with Crippen LogP contribution in [0, 0.1) is 6.92 Å². The van der Waals surface area contributed by atoms with Gasteiger partial charge < -0.3 is 19.8 Å². The van der Waals surface area contributed by atoms with Crippen LogP contribution >= 0.6 is 0 Å². The molecule has 8 heteroatoms. The first kappa shape index (κ1) is 16.2. The summed E-state index contributed by atoms with van der Waals surface area (Å²) in [5.41, 5.74) is 4.60. The number of rotatable bonds is 2. The molecular formula is C21H17N5O3. The minimum absolute atomic E-state index is 0.0579. The molecule has 0 saturated carbocycles. The Morgan fingerprint density at radius 2 is 2.00 bits per heavy atom. The maximum Gasteiger partial charge on any atom is 0.231 e. The standard InChI is InChI=1S/C21H17N5O3/c1-11-19-13(12-6-7-16-17(8-12)29-10-28-16)9-18(27)24-20(19)26(25-11)21-22-14-4-2-3-5-15(14)23-21/h2-8,13H,9-10H2,1H3,(H,22,23)(H,24,27)/t13-/m1/s1. The van der Waals surface area contributed by atoms with E-state index in [1.807, 2.05) is 49.4 Å². The molecule has 4 aromatic rings. The van der Waals surface area contributed by atoms with Gasteiger partial charge in [0, 0.05) is 17.9 Å². The second-order valence-corrected chi connectivity index (χ2v) is 7.25. The van der Waals surface area contributed by atoms with Gasteiger partial charge in [-0.15, -0.1) is 0 Å². The second kappa shape index (κ2) is 5.84. The molecule has 2 aromatic carbocycles. The summed E-state index contributed by atoms with van der Waals surface area (Å²) in [6, 6.07) is 13.6. The van der Waals surface area contributed by atoms with E-state index in [1.165, 1.54) is 0 Å². The molecule has 2 aliphatic rings. The molecule has 0 radical (unpaired) electrons. The number of nitrogens with zero attached hydrogens (tertiary/aromatic N) is 3. The monoisotopic (exact) mass is 387 g/mol. The van der Waals surface area contributed by atoms with Crippen LogP contribution in [0.25, 0.3) is 17.0 Å². The summed E-state index contributed by atoms with van der Waals surface area (Å²) in [5.74, 6) is 2.48. The van der Waals surface area contributed by atoms with Crippen LogP contribution in [-0.2, 0) is 4.79 Å². The predicted molar refractivity (Wildman–Crippen MR) is 106 cm³/mol. The quantitative estimate of drug-likeness (QED) is 0.551. The number of carbonyl (C=O) groups is 1. The van der Waals surface area contributed by atoms with Gasteiger partial charge in [-0.3, -0.25) is 4.79 Å². The van der Waals surface area contributed by atoms with Gasteiger partial charge >= 0.3 is 0 Å². The van der Waals surface area contributed by atoms with Crippen LogP contribution in [-0.4, -0.2) is 32.4 Å². The Labute approximate surface area is 165 Å². The normalized spacial score (nSPS) is 17.4. The Balaban J connectivity index is 1.50. The van der Waals surface area contributed by atoms with E-state index in [0.717, 1.165) is 33.6 Å². The lowest BCUT2D eigenvalue weighted by molar-refractivity contribution is -0.116. The van der Waals surface area contributed by atoms with Crippen LogP contribution in [0.5, 0.6) is 11.5 Å². The van der Waals surface area contributed by atoms with Gasteiger partial charge in [-0.1, -0.05) is 18.2 Å². The third-order valence-electron chi connectivity index (χ3n) is 5.48. The van der Waals surface area contributed by atoms with Gasteiger partial charge in [-0.05, 0) is 36.8 Å². The maximum absolute atomic E-state index is 12.6. The largest absolute Gasteiger partial charge is 0.454 e. The van der Waals surface area contributed by atoms with Crippen molar-refractivity contribution in [2.45, 2.75) is 19.3 Å². The molecule has 2 N–H and O–H groups in total. The van der Waals surface area contributed by atoms with E-state index in [9.17, 15) is 4.79 Å². The van der Waals surface area contributed by atoms with Crippen molar-refractivity contribution >= 4 is 22.8 Å². The van der Waals surface area contributed by atoms with E-state index >= 15 is 0 Å². The number of aromatic amines is 1. The van der Waals surface area contributed by atoms with Crippen molar-refractivity contribution in [2.24, 2.45) is 0 Å². The van der Waals surface area contributed by atoms with Crippen molar-refractivity contribution in [1.82, 2.24) is 19.7 Å². The lowest BCUT2D eigenvalue weighted by Crippen LogP contribution is -2.25. The van der Waals surface area contributed by atoms with Crippen molar-refractivity contribution in [3.63, 3.8) is 0 Å². The first-order valence-electron chi connectivity index (χ1n) is 9.41. The van der Waals surface area contributed by atoms with Crippen LogP contribution in [0.2, 0.25) is 0 Å². The van der Waals surface area contributed by atoms with E-state index in [2.05, 4.69) is 15.3 Å². The van der Waals surface area contributed by atoms with Crippen LogP contribution in [0.1, 0.15) is 29.2 Å². The molecule has 4 heterocycles. The van der Waals surface area contributed by atoms with Gasteiger partial charge in [-0.2, -0.15) is 9.78 Å². The topological polar surface area (TPSA) is 94.1 Å². The van der Waals surface area contributed by atoms with Gasteiger partial charge in [0.1, 0.15) is 5.82 Å². The van der Waals surface area contributed by atoms with Crippen LogP contribution in [0.15, 0.2) is 42.5 Å². The number of anilines is 1. The fourth-order valence-corrected chi connectivity index (χ4v) is 4.15. The Morgan fingerprint density at radius 3 is 2.90 bits per heavy atom. The zero-order valence-electron chi connectivity index (χ0n) is 15.6. The number of hydrogen-bond donors (Lipinski definition) is 2. The number of ether oxygens (including phenoxy) is 2. The highest BCUT2D eigenvalue weighted by Gasteiger charge is 2.34. The molecule has 6 rings (SSSR count). The Hall–Kier alpha value is -3.81. The lowest BCUT2D eigenvalue weighted by Gasteiger charge is -2.24. The fraction of sp³-hybridized carbons (Fsp3) is 0.190. The third kappa shape index (κ3) is 2.42. The van der Waals surface area contributed by atoms with Crippen LogP contribution < -0.4 is 14.8 Å². The molecule has 1 amide bonds. The number of carbonyl (C=O) groups excluding carboxylic acids is 1. The summed E-state index contributed by atoms with van der Waals surface area (Å²) < 4.78 is 12.6. The number of para-hydroxylation sites is 2. The first-order chi connectivity index (χ1) is 14.2. The van der Waals surface area contributed by atoms with Gasteiger partial charge in [0.25, 0.3) is 0 Å². The average Bonchev–Trinajstić information content (AvgIpc) is 3.43. The summed E-state index contributed by atoms with van der Waals surface area (Å²) in [5, 5.41) is 7.68. The highest BCUT2D eigenvalue weighted by atomic mass is 16.7. The number of H-pyrrole nitrogens is 1. The van der Waals surface area contributed by atoms with Crippen molar-refractivity contribution in [3.05, 3.63) is 59.3 Å². The first-order valence-corrected chi connectivity index (χ1v) is 9.41. The summed E-state index contributed by atoms with van der Waals surface area (Å²) in [6.07, 6.45) is 0.347. The lowest BCUT2D eigenvalue weighted by atomic mass is 9.85. The van der Waals surface area contributed by atoms with Crippen molar-refractivity contribution < 1.29 is 14.3 Å². The molecule has 0 bridgehead atoms. The van der Waals surface area contributed by atoms with E-state index in [1.54, 1.807) is 4.68 Å². The zero-order valence-corrected chi connectivity index (χ0v) is 15.6. The van der Waals surface area contributed by atoms with Crippen LogP contribution in [0.3, 0.4) is 0 Å². The molecule has 2 aromatic heterocycles. The molecule has 0 saturated heterocycles. The van der Waals surface area contributed by atoms with E-state index in [0.29, 0.717) is 23.9 Å². The molecule has 8 nitrogen and oxygen atoms in total. The highest BCUT2D eigenvalue weighted by molar-refractivity contribution is 5.95. The Morgan fingerprint density at radius 1 is 1.14 bits per heavy atom. The molecule has 0 fully saturated rings. The van der Waals surface area contributed by atoms with Crippen molar-refractivity contribution in [1.29, 1.82) is 0 Å². The maximum atomic E-state index is 12.6. The number of aryl methyl sites for hydroxylation is 1. The fourth-order valence-electron chi connectivity index (χ4n) is 4.15. The summed E-state index contributed by atoms with van der Waals surface area (Å²) in [7, 11) is 0. The predicted octanol–water partition coefficient (Wildman–Crippen LogP) is 3.26. The summed E-state index contributed by atoms with van der Waals surface area (Å²) in [4.78, 5) is 20.5. The van der Waals surface area contributed by atoms with Crippen molar-refractivity contribution in [3.8, 4) is 17.4 Å². The molecule has 2 aliphatic heterocycles. The molecule has 144 valence electrons. The minimum atomic E-state index is -0.119. The van der Waals surface area contributed by atoms with E-state index < -0.39 is 0 Å². The van der Waals surface area contributed by atoms with Crippen LogP contribution in [0.4, 0.5) is 5.82 Å². The number of aromatic nitrogens is 4. The van der Waals surface area contributed by atoms with Crippen molar-refractivity contribution in [2.75, 3.05) is 12.1 Å². The van der Waals surface area contributed by atoms with Gasteiger partial charge in [-0.25, -0.2) is 4.98 Å². The third-order valence-corrected chi connectivity index (χ3v) is 5.48. The molecular weight excluding hydrogens is 370 g/mol. The Bertz CT molecular complexity index is 1260. The number of fused-ring (bicyclic) bond motifs is 3. The summed E-state index contributed by atoms with van der Waals surface area (Å²) >= 11 is 0. The molecule has 0 spiro atoms. The molecule has 1 atom stereocenters. The molecule has 0 aliphatic carbocycles. The van der Waals surface area contributed by atoms with Gasteiger partial charge in [0.05, 0.1) is 16.7 Å². The van der Waals surface area contributed by atoms with Gasteiger partial charge in [0.15, 0.2) is 11.5 Å². The zero-order chi connectivity index (χ0) is 19.5. The van der Waals surface area contributed by atoms with Gasteiger partial charge in [0.2, 0.25) is 18.6 Å². The average molecular weight is 387 g/mol. The number of hydrogen-bond acceptors (Lipinski definition) is 5. The second-order valence-electron chi connectivity index (χ2n) is 7.25. The smallest absolute Gasteiger partial charge is 0.231 e. The SMILES string of the molecule is Cc1nn(-c2nc3ccccc3[nH]2)c2c1[C@@H](c1ccc3c(c1)OCO3)CC(=O)N2. The Kier molecular flexibility index (Phi) is 3.26. The number of imidazole rings is 1.